The highest BCUT2D eigenvalue weighted by atomic mass is 32.1. The van der Waals surface area contributed by atoms with E-state index in [1.807, 2.05) is 29.6 Å². The summed E-state index contributed by atoms with van der Waals surface area (Å²) >= 11 is 1.61. The second-order valence-electron chi connectivity index (χ2n) is 7.70. The van der Waals surface area contributed by atoms with Crippen LogP contribution in [0.15, 0.2) is 52.4 Å². The van der Waals surface area contributed by atoms with Gasteiger partial charge in [0.25, 0.3) is 5.91 Å². The van der Waals surface area contributed by atoms with Gasteiger partial charge in [-0.2, -0.15) is 0 Å². The van der Waals surface area contributed by atoms with Crippen molar-refractivity contribution in [3.63, 3.8) is 0 Å². The Bertz CT molecular complexity index is 971. The summed E-state index contributed by atoms with van der Waals surface area (Å²) in [6, 6.07) is 12.3. The van der Waals surface area contributed by atoms with Crippen molar-refractivity contribution in [3.05, 3.63) is 53.7 Å². The minimum Gasteiger partial charge on any atom is -0.451 e. The second kappa shape index (κ2) is 7.18. The maximum atomic E-state index is 12.8. The minimum absolute atomic E-state index is 0.118. The number of fused-ring (bicyclic) bond motifs is 3. The first-order valence-electron chi connectivity index (χ1n) is 9.84. The third-order valence-electron chi connectivity index (χ3n) is 6.13. The number of amides is 1. The van der Waals surface area contributed by atoms with Crippen molar-refractivity contribution >= 4 is 17.2 Å². The largest absolute Gasteiger partial charge is 0.451 e. The molecule has 1 amide bonds. The fraction of sp³-hybridized carbons (Fsp3) is 0.364. The number of furan rings is 1. The molecule has 5 heterocycles. The fourth-order valence-electron chi connectivity index (χ4n) is 4.55. The average molecular weight is 394 g/mol. The fourth-order valence-corrected chi connectivity index (χ4v) is 5.19. The third kappa shape index (κ3) is 3.16. The van der Waals surface area contributed by atoms with Crippen molar-refractivity contribution in [1.82, 2.24) is 15.2 Å². The number of piperidine rings is 3. The van der Waals surface area contributed by atoms with E-state index < -0.39 is 0 Å². The van der Waals surface area contributed by atoms with Gasteiger partial charge in [-0.15, -0.1) is 11.3 Å². The van der Waals surface area contributed by atoms with Crippen molar-refractivity contribution in [3.8, 4) is 21.9 Å². The Morgan fingerprint density at radius 3 is 2.79 bits per heavy atom. The molecule has 2 bridgehead atoms. The predicted molar refractivity (Wildman–Crippen MR) is 110 cm³/mol. The van der Waals surface area contributed by atoms with Crippen molar-refractivity contribution in [2.75, 3.05) is 13.1 Å². The van der Waals surface area contributed by atoms with E-state index in [0.29, 0.717) is 23.5 Å². The molecule has 3 aromatic rings. The Hall–Kier alpha value is -2.44. The molecule has 6 heteroatoms. The van der Waals surface area contributed by atoms with Gasteiger partial charge in [0.1, 0.15) is 10.8 Å². The van der Waals surface area contributed by atoms with Crippen LogP contribution in [0, 0.1) is 5.92 Å². The topological polar surface area (TPSA) is 58.4 Å². The number of carbonyl (C=O) groups excluding carboxylic acids is 1. The first-order valence-corrected chi connectivity index (χ1v) is 10.7. The van der Waals surface area contributed by atoms with Gasteiger partial charge in [0.15, 0.2) is 5.76 Å². The average Bonchev–Trinajstić information content (AvgIpc) is 3.43. The number of nitrogens with zero attached hydrogens (tertiary/aromatic N) is 2. The molecule has 3 aliphatic heterocycles. The minimum atomic E-state index is -0.118. The number of carbonyl (C=O) groups is 1. The lowest BCUT2D eigenvalue weighted by Gasteiger charge is -2.49. The molecule has 3 aliphatic rings. The van der Waals surface area contributed by atoms with Crippen LogP contribution in [0.25, 0.3) is 21.9 Å². The summed E-state index contributed by atoms with van der Waals surface area (Å²) in [5.74, 6) is 1.53. The smallest absolute Gasteiger partial charge is 0.287 e. The second-order valence-corrected chi connectivity index (χ2v) is 8.59. The molecule has 3 fully saturated rings. The van der Waals surface area contributed by atoms with Gasteiger partial charge in [-0.05, 0) is 57.0 Å². The Morgan fingerprint density at radius 2 is 2.04 bits per heavy atom. The van der Waals surface area contributed by atoms with Gasteiger partial charge in [-0.3, -0.25) is 9.69 Å². The maximum Gasteiger partial charge on any atom is 0.287 e. The zero-order valence-corrected chi connectivity index (χ0v) is 16.6. The van der Waals surface area contributed by atoms with Gasteiger partial charge in [0, 0.05) is 34.8 Å². The summed E-state index contributed by atoms with van der Waals surface area (Å²) in [6.07, 6.45) is 4.14. The first-order chi connectivity index (χ1) is 13.7. The predicted octanol–water partition coefficient (Wildman–Crippen LogP) is 4.28. The number of hydrogen-bond donors (Lipinski definition) is 1. The molecule has 144 valence electrons. The zero-order chi connectivity index (χ0) is 19.1. The summed E-state index contributed by atoms with van der Waals surface area (Å²) in [6.45, 7) is 4.52. The van der Waals surface area contributed by atoms with Gasteiger partial charge in [-0.1, -0.05) is 18.2 Å². The Kier molecular flexibility index (Phi) is 4.53. The summed E-state index contributed by atoms with van der Waals surface area (Å²) in [5, 5.41) is 6.17. The van der Waals surface area contributed by atoms with Crippen molar-refractivity contribution < 1.29 is 9.21 Å². The molecule has 0 aliphatic carbocycles. The van der Waals surface area contributed by atoms with Crippen LogP contribution in [-0.2, 0) is 0 Å². The standard InChI is InChI=1S/C22H23N3O2S/c1-14-20(15-7-10-25(14)11-8-15)24-21(26)19-6-5-18(27-19)16-3-2-4-17(13-16)22-23-9-12-28-22/h2-6,9,12-15,20H,7-8,10-11H2,1H3,(H,24,26)/t14-,20-/m0/s1. The van der Waals surface area contributed by atoms with Crippen LogP contribution in [0.3, 0.4) is 0 Å². The lowest BCUT2D eigenvalue weighted by molar-refractivity contribution is 0.0211. The van der Waals surface area contributed by atoms with E-state index in [9.17, 15) is 4.79 Å². The molecule has 1 aromatic carbocycles. The molecule has 3 saturated heterocycles. The van der Waals surface area contributed by atoms with Crippen LogP contribution in [-0.4, -0.2) is 41.0 Å². The van der Waals surface area contributed by atoms with Crippen LogP contribution in [0.5, 0.6) is 0 Å². The first kappa shape index (κ1) is 17.6. The highest BCUT2D eigenvalue weighted by Gasteiger charge is 2.40. The van der Waals surface area contributed by atoms with E-state index in [2.05, 4.69) is 28.2 Å². The number of benzene rings is 1. The SMILES string of the molecule is C[C@H]1[C@H](NC(=O)c2ccc(-c3cccc(-c4nccs4)c3)o2)C2CCN1CC2. The Morgan fingerprint density at radius 1 is 1.21 bits per heavy atom. The van der Waals surface area contributed by atoms with Crippen LogP contribution < -0.4 is 5.32 Å². The number of thiazole rings is 1. The highest BCUT2D eigenvalue weighted by molar-refractivity contribution is 7.13. The molecule has 5 nitrogen and oxygen atoms in total. The number of rotatable bonds is 4. The quantitative estimate of drug-likeness (QED) is 0.719. The van der Waals surface area contributed by atoms with E-state index in [1.165, 1.54) is 12.8 Å². The molecular weight excluding hydrogens is 370 g/mol. The molecule has 0 unspecified atom stereocenters. The van der Waals surface area contributed by atoms with E-state index in [4.69, 9.17) is 4.42 Å². The summed E-state index contributed by atoms with van der Waals surface area (Å²) in [4.78, 5) is 19.6. The van der Waals surface area contributed by atoms with Gasteiger partial charge in [-0.25, -0.2) is 4.98 Å². The molecule has 6 rings (SSSR count). The molecule has 0 radical (unpaired) electrons. The normalized spacial score (nSPS) is 26.3. The number of nitrogens with one attached hydrogen (secondary N) is 1. The van der Waals surface area contributed by atoms with Crippen molar-refractivity contribution in [1.29, 1.82) is 0 Å². The highest BCUT2D eigenvalue weighted by Crippen LogP contribution is 2.33. The molecule has 28 heavy (non-hydrogen) atoms. The molecule has 1 N–H and O–H groups in total. The van der Waals surface area contributed by atoms with Crippen LogP contribution >= 0.6 is 11.3 Å². The third-order valence-corrected chi connectivity index (χ3v) is 6.95. The molecular formula is C22H23N3O2S. The van der Waals surface area contributed by atoms with Gasteiger partial charge in [0.05, 0.1) is 0 Å². The Labute approximate surface area is 168 Å². The molecule has 0 spiro atoms. The van der Waals surface area contributed by atoms with Crippen molar-refractivity contribution in [2.24, 2.45) is 5.92 Å². The molecule has 2 atom stereocenters. The van der Waals surface area contributed by atoms with E-state index in [0.717, 1.165) is 29.2 Å². The van der Waals surface area contributed by atoms with Gasteiger partial charge < -0.3 is 9.73 Å². The molecule has 0 saturated carbocycles. The van der Waals surface area contributed by atoms with Crippen LogP contribution in [0.2, 0.25) is 0 Å². The Balaban J connectivity index is 1.34. The lowest BCUT2D eigenvalue weighted by Crippen LogP contribution is -2.62. The molecule has 2 aromatic heterocycles. The number of aromatic nitrogens is 1. The lowest BCUT2D eigenvalue weighted by atomic mass is 9.79. The summed E-state index contributed by atoms with van der Waals surface area (Å²) in [5.41, 5.74) is 2.00. The monoisotopic (exact) mass is 393 g/mol. The number of hydrogen-bond acceptors (Lipinski definition) is 5. The summed E-state index contributed by atoms with van der Waals surface area (Å²) in [7, 11) is 0. The van der Waals surface area contributed by atoms with Gasteiger partial charge in [0.2, 0.25) is 0 Å². The summed E-state index contributed by atoms with van der Waals surface area (Å²) < 4.78 is 5.92. The zero-order valence-electron chi connectivity index (χ0n) is 15.8. The van der Waals surface area contributed by atoms with Crippen LogP contribution in [0.4, 0.5) is 0 Å². The van der Waals surface area contributed by atoms with Crippen molar-refractivity contribution in [2.45, 2.75) is 31.8 Å². The van der Waals surface area contributed by atoms with E-state index in [1.54, 1.807) is 23.6 Å². The maximum absolute atomic E-state index is 12.8. The van der Waals surface area contributed by atoms with Crippen LogP contribution in [0.1, 0.15) is 30.3 Å². The van der Waals surface area contributed by atoms with Gasteiger partial charge >= 0.3 is 0 Å². The van der Waals surface area contributed by atoms with E-state index in [-0.39, 0.29) is 11.9 Å². The van der Waals surface area contributed by atoms with E-state index >= 15 is 0 Å².